The van der Waals surface area contributed by atoms with Gasteiger partial charge in [-0.1, -0.05) is 18.6 Å². The summed E-state index contributed by atoms with van der Waals surface area (Å²) in [5.41, 5.74) is 1.90. The number of piperidine rings is 2. The molecule has 0 aromatic heterocycles. The van der Waals surface area contributed by atoms with Crippen molar-refractivity contribution in [3.8, 4) is 5.75 Å². The van der Waals surface area contributed by atoms with Gasteiger partial charge in [-0.15, -0.1) is 0 Å². The van der Waals surface area contributed by atoms with Crippen LogP contribution < -0.4 is 15.4 Å². The number of urea groups is 1. The normalized spacial score (nSPS) is 23.1. The zero-order chi connectivity index (χ0) is 23.2. The van der Waals surface area contributed by atoms with E-state index in [9.17, 15) is 9.59 Å². The Kier molecular flexibility index (Phi) is 7.88. The maximum absolute atomic E-state index is 12.8. The van der Waals surface area contributed by atoms with Gasteiger partial charge in [0.15, 0.2) is 0 Å². The minimum atomic E-state index is -0.567. The van der Waals surface area contributed by atoms with Crippen molar-refractivity contribution < 1.29 is 19.1 Å². The molecule has 2 fully saturated rings. The molecule has 3 aliphatic heterocycles. The third-order valence-corrected chi connectivity index (χ3v) is 6.93. The van der Waals surface area contributed by atoms with Crippen LogP contribution >= 0.6 is 0 Å². The molecule has 2 saturated heterocycles. The Morgan fingerprint density at radius 1 is 1.06 bits per heavy atom. The summed E-state index contributed by atoms with van der Waals surface area (Å²) in [4.78, 5) is 30.3. The highest BCUT2D eigenvalue weighted by Crippen LogP contribution is 2.30. The van der Waals surface area contributed by atoms with Crippen LogP contribution in [0.15, 0.2) is 35.5 Å². The van der Waals surface area contributed by atoms with Crippen molar-refractivity contribution in [2.45, 2.75) is 51.1 Å². The number of esters is 1. The third kappa shape index (κ3) is 5.68. The predicted molar refractivity (Wildman–Crippen MR) is 126 cm³/mol. The van der Waals surface area contributed by atoms with Gasteiger partial charge >= 0.3 is 12.0 Å². The Balaban J connectivity index is 1.50. The van der Waals surface area contributed by atoms with E-state index >= 15 is 0 Å². The summed E-state index contributed by atoms with van der Waals surface area (Å²) in [5.74, 6) is 0.321. The molecule has 0 radical (unpaired) electrons. The van der Waals surface area contributed by atoms with Crippen LogP contribution in [0.5, 0.6) is 5.75 Å². The van der Waals surface area contributed by atoms with Crippen molar-refractivity contribution >= 4 is 12.0 Å². The topological polar surface area (TPSA) is 83.1 Å². The first-order chi connectivity index (χ1) is 16.1. The van der Waals surface area contributed by atoms with Crippen LogP contribution in [0.25, 0.3) is 0 Å². The van der Waals surface area contributed by atoms with E-state index in [-0.39, 0.29) is 6.03 Å². The quantitative estimate of drug-likeness (QED) is 0.614. The molecule has 0 bridgehead atoms. The number of carbonyl (C=O) groups excluding carboxylic acids is 2. The molecule has 1 aromatic carbocycles. The summed E-state index contributed by atoms with van der Waals surface area (Å²) in [6.07, 6.45) is 6.21. The average molecular weight is 457 g/mol. The number of likely N-dealkylation sites (tertiary alicyclic amines) is 2. The highest BCUT2D eigenvalue weighted by atomic mass is 16.5. The molecule has 0 aliphatic carbocycles. The molecule has 1 unspecified atom stereocenters. The van der Waals surface area contributed by atoms with E-state index in [1.807, 2.05) is 31.2 Å². The Hall–Kier alpha value is -2.58. The molecule has 2 amide bonds. The maximum Gasteiger partial charge on any atom is 0.338 e. The summed E-state index contributed by atoms with van der Waals surface area (Å²) >= 11 is 0. The molecule has 3 heterocycles. The van der Waals surface area contributed by atoms with Crippen LogP contribution in [0.2, 0.25) is 0 Å². The second-order valence-corrected chi connectivity index (χ2v) is 9.02. The van der Waals surface area contributed by atoms with E-state index < -0.39 is 12.0 Å². The molecule has 1 aromatic rings. The van der Waals surface area contributed by atoms with Crippen molar-refractivity contribution in [1.82, 2.24) is 20.4 Å². The van der Waals surface area contributed by atoms with Gasteiger partial charge in [0.1, 0.15) is 5.75 Å². The van der Waals surface area contributed by atoms with Gasteiger partial charge in [0.25, 0.3) is 0 Å². The molecule has 4 rings (SSSR count). The van der Waals surface area contributed by atoms with E-state index in [1.165, 1.54) is 39.5 Å². The SMILES string of the molecule is CCOc1ccc(C2NC(=O)NC(CN3CCC(N4CCCCC4)CC3)=C2C(=O)OC)cc1. The fourth-order valence-electron chi connectivity index (χ4n) is 5.22. The molecule has 33 heavy (non-hydrogen) atoms. The number of rotatable bonds is 7. The highest BCUT2D eigenvalue weighted by Gasteiger charge is 2.35. The van der Waals surface area contributed by atoms with E-state index in [0.29, 0.717) is 30.5 Å². The number of methoxy groups -OCH3 is 1. The minimum Gasteiger partial charge on any atom is -0.494 e. The van der Waals surface area contributed by atoms with Gasteiger partial charge in [0.05, 0.1) is 25.3 Å². The lowest BCUT2D eigenvalue weighted by atomic mass is 9.94. The van der Waals surface area contributed by atoms with Gasteiger partial charge in [0, 0.05) is 31.4 Å². The number of carbonyl (C=O) groups is 2. The first-order valence-corrected chi connectivity index (χ1v) is 12.2. The second kappa shape index (κ2) is 11.0. The Morgan fingerprint density at radius 3 is 2.39 bits per heavy atom. The van der Waals surface area contributed by atoms with Gasteiger partial charge in [-0.2, -0.15) is 0 Å². The van der Waals surface area contributed by atoms with E-state index in [0.717, 1.165) is 37.2 Å². The standard InChI is InChI=1S/C25H36N4O4/c1-3-33-20-9-7-18(8-10-20)23-22(24(30)32-2)21(26-25(31)27-23)17-28-15-11-19(12-16-28)29-13-5-4-6-14-29/h7-10,19,23H,3-6,11-17H2,1-2H3,(H2,26,27,31). The molecule has 2 N–H and O–H groups in total. The maximum atomic E-state index is 12.8. The fourth-order valence-corrected chi connectivity index (χ4v) is 5.22. The minimum absolute atomic E-state index is 0.306. The van der Waals surface area contributed by atoms with Crippen LogP contribution in [-0.2, 0) is 9.53 Å². The Bertz CT molecular complexity index is 856. The van der Waals surface area contributed by atoms with Crippen molar-refractivity contribution in [2.75, 3.05) is 46.4 Å². The summed E-state index contributed by atoms with van der Waals surface area (Å²) < 4.78 is 10.6. The van der Waals surface area contributed by atoms with Crippen LogP contribution in [0.3, 0.4) is 0 Å². The lowest BCUT2D eigenvalue weighted by Gasteiger charge is -2.41. The summed E-state index contributed by atoms with van der Waals surface area (Å²) in [5, 5.41) is 5.78. The van der Waals surface area contributed by atoms with E-state index in [4.69, 9.17) is 9.47 Å². The summed E-state index contributed by atoms with van der Waals surface area (Å²) in [7, 11) is 1.38. The first-order valence-electron chi connectivity index (χ1n) is 12.2. The van der Waals surface area contributed by atoms with Crippen molar-refractivity contribution in [1.29, 1.82) is 0 Å². The number of hydrogen-bond donors (Lipinski definition) is 2. The molecule has 0 spiro atoms. The predicted octanol–water partition coefficient (Wildman–Crippen LogP) is 2.82. The molecule has 0 saturated carbocycles. The van der Waals surface area contributed by atoms with E-state index in [2.05, 4.69) is 20.4 Å². The van der Waals surface area contributed by atoms with Gasteiger partial charge < -0.3 is 25.0 Å². The van der Waals surface area contributed by atoms with Crippen molar-refractivity contribution in [3.05, 3.63) is 41.1 Å². The lowest BCUT2D eigenvalue weighted by molar-refractivity contribution is -0.136. The number of nitrogens with zero attached hydrogens (tertiary/aromatic N) is 2. The smallest absolute Gasteiger partial charge is 0.338 e. The van der Waals surface area contributed by atoms with Gasteiger partial charge in [-0.25, -0.2) is 9.59 Å². The highest BCUT2D eigenvalue weighted by molar-refractivity contribution is 5.95. The molecular formula is C25H36N4O4. The fraction of sp³-hybridized carbons (Fsp3) is 0.600. The number of ether oxygens (including phenoxy) is 2. The third-order valence-electron chi connectivity index (χ3n) is 6.93. The Morgan fingerprint density at radius 2 is 1.76 bits per heavy atom. The number of nitrogens with one attached hydrogen (secondary N) is 2. The molecular weight excluding hydrogens is 420 g/mol. The molecule has 180 valence electrons. The van der Waals surface area contributed by atoms with Gasteiger partial charge in [0.2, 0.25) is 0 Å². The van der Waals surface area contributed by atoms with Crippen molar-refractivity contribution in [3.63, 3.8) is 0 Å². The van der Waals surface area contributed by atoms with Crippen LogP contribution in [0, 0.1) is 0 Å². The van der Waals surface area contributed by atoms with Crippen molar-refractivity contribution in [2.24, 2.45) is 0 Å². The van der Waals surface area contributed by atoms with E-state index in [1.54, 1.807) is 0 Å². The van der Waals surface area contributed by atoms with Gasteiger partial charge in [-0.3, -0.25) is 4.90 Å². The zero-order valence-electron chi connectivity index (χ0n) is 19.8. The largest absolute Gasteiger partial charge is 0.494 e. The van der Waals surface area contributed by atoms with Crippen LogP contribution in [0.1, 0.15) is 50.6 Å². The number of hydrogen-bond acceptors (Lipinski definition) is 6. The molecule has 8 nitrogen and oxygen atoms in total. The number of benzene rings is 1. The van der Waals surface area contributed by atoms with Crippen LogP contribution in [-0.4, -0.2) is 74.3 Å². The first kappa shape index (κ1) is 23.6. The summed E-state index contributed by atoms with van der Waals surface area (Å²) in [6.45, 7) is 7.38. The van der Waals surface area contributed by atoms with Gasteiger partial charge in [-0.05, 0) is 63.4 Å². The number of amides is 2. The van der Waals surface area contributed by atoms with Crippen LogP contribution in [0.4, 0.5) is 4.79 Å². The average Bonchev–Trinajstić information content (AvgIpc) is 2.85. The monoisotopic (exact) mass is 456 g/mol. The molecule has 1 atom stereocenters. The summed E-state index contributed by atoms with van der Waals surface area (Å²) in [6, 6.07) is 7.25. The zero-order valence-corrected chi connectivity index (χ0v) is 19.8. The molecule has 3 aliphatic rings. The lowest BCUT2D eigenvalue weighted by Crippen LogP contribution is -2.51. The molecule has 8 heteroatoms. The second-order valence-electron chi connectivity index (χ2n) is 9.02. The Labute approximate surface area is 196 Å².